The van der Waals surface area contributed by atoms with E-state index in [-0.39, 0.29) is 31.1 Å². The molecule has 0 spiro atoms. The van der Waals surface area contributed by atoms with Crippen molar-refractivity contribution in [3.05, 3.63) is 24.3 Å². The van der Waals surface area contributed by atoms with Gasteiger partial charge in [-0.3, -0.25) is 14.4 Å². The quantitative estimate of drug-likeness (QED) is 0.0262. The Bertz CT molecular complexity index is 1040. The van der Waals surface area contributed by atoms with Crippen molar-refractivity contribution in [1.29, 1.82) is 0 Å². The first kappa shape index (κ1) is 61.9. The van der Waals surface area contributed by atoms with Crippen LogP contribution >= 0.6 is 0 Å². The molecule has 6 nitrogen and oxygen atoms in total. The maximum absolute atomic E-state index is 12.8. The fraction of sp³-hybridized carbons (Fsp3) is 0.879. The van der Waals surface area contributed by atoms with E-state index in [0.717, 1.165) is 70.6 Å². The molecule has 0 aliphatic heterocycles. The molecule has 1 atom stereocenters. The molecule has 0 bridgehead atoms. The maximum atomic E-state index is 12.8. The van der Waals surface area contributed by atoms with Crippen LogP contribution in [0, 0.1) is 0 Å². The third-order valence-electron chi connectivity index (χ3n) is 12.7. The topological polar surface area (TPSA) is 78.9 Å². The summed E-state index contributed by atoms with van der Waals surface area (Å²) < 4.78 is 16.9. The molecule has 0 aromatic rings. The molecule has 0 amide bonds. The molecule has 0 saturated carbocycles. The highest BCUT2D eigenvalue weighted by Gasteiger charge is 2.19. The lowest BCUT2D eigenvalue weighted by Gasteiger charge is -2.18. The van der Waals surface area contributed by atoms with Gasteiger partial charge in [-0.1, -0.05) is 244 Å². The molecule has 0 heterocycles. The summed E-state index contributed by atoms with van der Waals surface area (Å²) in [5, 5.41) is 0. The van der Waals surface area contributed by atoms with E-state index in [4.69, 9.17) is 14.2 Å². The molecular formula is C58H108O6. The van der Waals surface area contributed by atoms with Crippen LogP contribution in [0.3, 0.4) is 0 Å². The van der Waals surface area contributed by atoms with Crippen LogP contribution in [-0.4, -0.2) is 37.2 Å². The molecule has 0 aliphatic carbocycles. The van der Waals surface area contributed by atoms with E-state index < -0.39 is 6.10 Å². The van der Waals surface area contributed by atoms with Gasteiger partial charge >= 0.3 is 17.9 Å². The minimum atomic E-state index is -0.773. The highest BCUT2D eigenvalue weighted by atomic mass is 16.6. The van der Waals surface area contributed by atoms with Crippen LogP contribution in [0.25, 0.3) is 0 Å². The molecule has 6 heteroatoms. The van der Waals surface area contributed by atoms with E-state index in [2.05, 4.69) is 45.1 Å². The van der Waals surface area contributed by atoms with E-state index in [1.54, 1.807) is 0 Å². The molecule has 0 saturated heterocycles. The minimum Gasteiger partial charge on any atom is -0.462 e. The second-order valence-corrected chi connectivity index (χ2v) is 19.2. The molecule has 0 rings (SSSR count). The van der Waals surface area contributed by atoms with Crippen molar-refractivity contribution in [2.24, 2.45) is 0 Å². The van der Waals surface area contributed by atoms with Gasteiger partial charge in [-0.05, 0) is 70.6 Å². The number of carbonyl (C=O) groups excluding carboxylic acids is 3. The molecular weight excluding hydrogens is 793 g/mol. The Morgan fingerprint density at radius 2 is 0.516 bits per heavy atom. The summed E-state index contributed by atoms with van der Waals surface area (Å²) in [6.45, 7) is 6.66. The van der Waals surface area contributed by atoms with Crippen LogP contribution in [0.5, 0.6) is 0 Å². The first-order chi connectivity index (χ1) is 31.5. The van der Waals surface area contributed by atoms with Crippen LogP contribution in [0.1, 0.15) is 310 Å². The third-order valence-corrected chi connectivity index (χ3v) is 12.7. The first-order valence-electron chi connectivity index (χ1n) is 28.3. The van der Waals surface area contributed by atoms with Crippen LogP contribution in [-0.2, 0) is 28.6 Å². The van der Waals surface area contributed by atoms with Gasteiger partial charge in [0, 0.05) is 19.3 Å². The lowest BCUT2D eigenvalue weighted by molar-refractivity contribution is -0.167. The predicted molar refractivity (Wildman–Crippen MR) is 275 cm³/mol. The Labute approximate surface area is 398 Å². The highest BCUT2D eigenvalue weighted by Crippen LogP contribution is 2.16. The maximum Gasteiger partial charge on any atom is 0.306 e. The average molecular weight is 901 g/mol. The van der Waals surface area contributed by atoms with Crippen LogP contribution in [0.2, 0.25) is 0 Å². The van der Waals surface area contributed by atoms with Crippen molar-refractivity contribution in [3.63, 3.8) is 0 Å². The Morgan fingerprint density at radius 1 is 0.297 bits per heavy atom. The number of ether oxygens (including phenoxy) is 3. The van der Waals surface area contributed by atoms with Gasteiger partial charge in [0.25, 0.3) is 0 Å². The standard InChI is InChI=1S/C58H108O6/c1-4-7-10-13-16-19-22-25-28-30-33-36-39-42-45-48-51-57(60)63-54-55(53-62-56(59)50-47-44-41-38-35-32-27-24-21-18-15-12-9-6-3)64-58(61)52-49-46-43-40-37-34-31-29-26-23-20-17-14-11-8-5-2/h24,27-28,30,55H,4-23,25-26,29,31-54H2,1-3H3/b27-24-,30-28-/t55-/m1/s1. The molecule has 0 unspecified atom stereocenters. The average Bonchev–Trinajstić information content (AvgIpc) is 3.29. The Morgan fingerprint density at radius 3 is 0.781 bits per heavy atom. The monoisotopic (exact) mass is 901 g/mol. The number of hydrogen-bond acceptors (Lipinski definition) is 6. The first-order valence-corrected chi connectivity index (χ1v) is 28.3. The van der Waals surface area contributed by atoms with Gasteiger partial charge < -0.3 is 14.2 Å². The normalized spacial score (nSPS) is 12.1. The zero-order chi connectivity index (χ0) is 46.5. The Kier molecular flexibility index (Phi) is 51.7. The summed E-state index contributed by atoms with van der Waals surface area (Å²) in [7, 11) is 0. The number of unbranched alkanes of at least 4 members (excludes halogenated alkanes) is 37. The van der Waals surface area contributed by atoms with Crippen LogP contribution in [0.4, 0.5) is 0 Å². The molecule has 0 aromatic carbocycles. The van der Waals surface area contributed by atoms with Crippen molar-refractivity contribution in [3.8, 4) is 0 Å². The molecule has 0 aromatic heterocycles. The number of hydrogen-bond donors (Lipinski definition) is 0. The van der Waals surface area contributed by atoms with E-state index in [1.165, 1.54) is 199 Å². The number of carbonyl (C=O) groups is 3. The lowest BCUT2D eigenvalue weighted by atomic mass is 10.0. The third kappa shape index (κ3) is 50.9. The summed E-state index contributed by atoms with van der Waals surface area (Å²) in [6, 6.07) is 0. The zero-order valence-corrected chi connectivity index (χ0v) is 43.1. The van der Waals surface area contributed by atoms with E-state index in [9.17, 15) is 14.4 Å². The molecule has 376 valence electrons. The summed E-state index contributed by atoms with van der Waals surface area (Å²) in [4.78, 5) is 38.1. The molecule has 0 N–H and O–H groups in total. The van der Waals surface area contributed by atoms with Gasteiger partial charge in [0.15, 0.2) is 6.10 Å². The zero-order valence-electron chi connectivity index (χ0n) is 43.1. The largest absolute Gasteiger partial charge is 0.462 e. The lowest BCUT2D eigenvalue weighted by Crippen LogP contribution is -2.30. The second kappa shape index (κ2) is 53.5. The van der Waals surface area contributed by atoms with Gasteiger partial charge in [0.05, 0.1) is 0 Å². The minimum absolute atomic E-state index is 0.0741. The Hall–Kier alpha value is -2.11. The van der Waals surface area contributed by atoms with Crippen LogP contribution in [0.15, 0.2) is 24.3 Å². The van der Waals surface area contributed by atoms with Gasteiger partial charge in [-0.2, -0.15) is 0 Å². The number of rotatable bonds is 52. The summed E-state index contributed by atoms with van der Waals surface area (Å²) >= 11 is 0. The van der Waals surface area contributed by atoms with Gasteiger partial charge in [0.2, 0.25) is 0 Å². The van der Waals surface area contributed by atoms with Gasteiger partial charge in [-0.15, -0.1) is 0 Å². The van der Waals surface area contributed by atoms with Crippen molar-refractivity contribution in [2.45, 2.75) is 316 Å². The Balaban J connectivity index is 4.35. The second-order valence-electron chi connectivity index (χ2n) is 19.2. The number of esters is 3. The predicted octanol–water partition coefficient (Wildman–Crippen LogP) is 18.7. The van der Waals surface area contributed by atoms with Gasteiger partial charge in [-0.25, -0.2) is 0 Å². The number of allylic oxidation sites excluding steroid dienone is 4. The van der Waals surface area contributed by atoms with Crippen molar-refractivity contribution in [2.75, 3.05) is 13.2 Å². The highest BCUT2D eigenvalue weighted by molar-refractivity contribution is 5.71. The van der Waals surface area contributed by atoms with E-state index >= 15 is 0 Å². The summed E-state index contributed by atoms with van der Waals surface area (Å²) in [6.07, 6.45) is 61.6. The van der Waals surface area contributed by atoms with Crippen molar-refractivity contribution < 1.29 is 28.6 Å². The van der Waals surface area contributed by atoms with Gasteiger partial charge in [0.1, 0.15) is 13.2 Å². The fourth-order valence-corrected chi connectivity index (χ4v) is 8.37. The smallest absolute Gasteiger partial charge is 0.306 e. The molecule has 0 aliphatic rings. The van der Waals surface area contributed by atoms with Crippen LogP contribution < -0.4 is 0 Å². The van der Waals surface area contributed by atoms with E-state index in [0.29, 0.717) is 19.3 Å². The SMILES string of the molecule is CCCCCCC/C=C\CCCCCCCC(=O)OC[C@H](COC(=O)CCCCCCC/C=C\CCCCCCCCC)OC(=O)CCCCCCCCCCCCCCCCCC. The summed E-state index contributed by atoms with van der Waals surface area (Å²) in [5.41, 5.74) is 0. The summed E-state index contributed by atoms with van der Waals surface area (Å²) in [5.74, 6) is -0.871. The fourth-order valence-electron chi connectivity index (χ4n) is 8.37. The van der Waals surface area contributed by atoms with Crippen molar-refractivity contribution in [1.82, 2.24) is 0 Å². The molecule has 0 fully saturated rings. The van der Waals surface area contributed by atoms with E-state index in [1.807, 2.05) is 0 Å². The molecule has 64 heavy (non-hydrogen) atoms. The molecule has 0 radical (unpaired) electrons. The van der Waals surface area contributed by atoms with Crippen molar-refractivity contribution >= 4 is 17.9 Å².